The van der Waals surface area contributed by atoms with Crippen LogP contribution in [0.1, 0.15) is 72.7 Å². The number of rotatable bonds is 6. The van der Waals surface area contributed by atoms with Gasteiger partial charge in [-0.3, -0.25) is 9.69 Å². The summed E-state index contributed by atoms with van der Waals surface area (Å²) in [6.07, 6.45) is 8.12. The van der Waals surface area contributed by atoms with Crippen LogP contribution in [0.2, 0.25) is 0 Å². The molecule has 3 saturated heterocycles. The van der Waals surface area contributed by atoms with Crippen molar-refractivity contribution in [2.75, 3.05) is 25.4 Å². The summed E-state index contributed by atoms with van der Waals surface area (Å²) < 4.78 is 2.52. The van der Waals surface area contributed by atoms with E-state index in [1.165, 1.54) is 36.8 Å². The lowest BCUT2D eigenvalue weighted by molar-refractivity contribution is 0.0608. The molecular weight excluding hydrogens is 506 g/mol. The minimum atomic E-state index is 0.0622. The van der Waals surface area contributed by atoms with Gasteiger partial charge in [0, 0.05) is 36.9 Å². The summed E-state index contributed by atoms with van der Waals surface area (Å²) in [6, 6.07) is 28.9. The number of nitrogen functional groups attached to an aromatic ring is 1. The third-order valence-corrected chi connectivity index (χ3v) is 10.4. The van der Waals surface area contributed by atoms with E-state index in [9.17, 15) is 4.79 Å². The lowest BCUT2D eigenvalue weighted by atomic mass is 9.70. The van der Waals surface area contributed by atoms with Crippen LogP contribution in [0, 0.1) is 6.92 Å². The highest BCUT2D eigenvalue weighted by atomic mass is 16.2. The van der Waals surface area contributed by atoms with Crippen molar-refractivity contribution in [3.05, 3.63) is 95.8 Å². The highest BCUT2D eigenvalue weighted by molar-refractivity contribution is 5.99. The molecule has 1 aromatic heterocycles. The SMILES string of the molecule is Cc1nc2ccccc2n1C1C[C@H]2CC[C@@H](C1)N2CCC1(c2ccccc2)CCN(C(=O)c2ccccc2N)CC1. The van der Waals surface area contributed by atoms with Crippen molar-refractivity contribution in [3.63, 3.8) is 0 Å². The van der Waals surface area contributed by atoms with Gasteiger partial charge in [-0.2, -0.15) is 0 Å². The summed E-state index contributed by atoms with van der Waals surface area (Å²) >= 11 is 0. The molecule has 7 rings (SSSR count). The van der Waals surface area contributed by atoms with E-state index >= 15 is 0 Å². The van der Waals surface area contributed by atoms with Gasteiger partial charge >= 0.3 is 0 Å². The number of piperidine rings is 2. The van der Waals surface area contributed by atoms with Crippen LogP contribution in [0.4, 0.5) is 5.69 Å². The van der Waals surface area contributed by atoms with Gasteiger partial charge in [-0.05, 0) is 93.7 Å². The second-order valence-corrected chi connectivity index (χ2v) is 12.5. The summed E-state index contributed by atoms with van der Waals surface area (Å²) in [4.78, 5) is 23.1. The number of hydrogen-bond donors (Lipinski definition) is 1. The van der Waals surface area contributed by atoms with Crippen molar-refractivity contribution >= 4 is 22.6 Å². The van der Waals surface area contributed by atoms with E-state index in [4.69, 9.17) is 10.7 Å². The first kappa shape index (κ1) is 26.3. The predicted octanol–water partition coefficient (Wildman–Crippen LogP) is 6.36. The molecule has 0 saturated carbocycles. The Kier molecular flexibility index (Phi) is 6.82. The maximum Gasteiger partial charge on any atom is 0.255 e. The third kappa shape index (κ3) is 4.72. The second kappa shape index (κ2) is 10.6. The van der Waals surface area contributed by atoms with E-state index in [1.807, 2.05) is 29.2 Å². The zero-order chi connectivity index (χ0) is 28.0. The van der Waals surface area contributed by atoms with E-state index in [0.29, 0.717) is 29.4 Å². The lowest BCUT2D eigenvalue weighted by Crippen LogP contribution is -2.49. The smallest absolute Gasteiger partial charge is 0.255 e. The van der Waals surface area contributed by atoms with Crippen LogP contribution in [0.25, 0.3) is 11.0 Å². The van der Waals surface area contributed by atoms with Gasteiger partial charge in [0.05, 0.1) is 16.6 Å². The molecule has 2 N–H and O–H groups in total. The fraction of sp³-hybridized carbons (Fsp3) is 0.429. The summed E-state index contributed by atoms with van der Waals surface area (Å²) in [7, 11) is 0. The molecule has 3 atom stereocenters. The van der Waals surface area contributed by atoms with Gasteiger partial charge < -0.3 is 15.2 Å². The first-order valence-electron chi connectivity index (χ1n) is 15.4. The van der Waals surface area contributed by atoms with Crippen molar-refractivity contribution in [1.82, 2.24) is 19.4 Å². The number of likely N-dealkylation sites (tertiary alicyclic amines) is 1. The molecule has 2 bridgehead atoms. The number of hydrogen-bond acceptors (Lipinski definition) is 4. The molecule has 0 spiro atoms. The van der Waals surface area contributed by atoms with Crippen molar-refractivity contribution in [2.24, 2.45) is 0 Å². The summed E-state index contributed by atoms with van der Waals surface area (Å²) in [5, 5.41) is 0. The molecule has 4 aromatic rings. The Balaban J connectivity index is 1.07. The molecule has 6 heteroatoms. The molecule has 0 aliphatic carbocycles. The molecule has 4 heterocycles. The number of carbonyl (C=O) groups excluding carboxylic acids is 1. The molecule has 3 aromatic carbocycles. The Hall–Kier alpha value is -3.64. The first-order chi connectivity index (χ1) is 20.0. The molecule has 1 unspecified atom stereocenters. The van der Waals surface area contributed by atoms with E-state index in [-0.39, 0.29) is 11.3 Å². The summed E-state index contributed by atoms with van der Waals surface area (Å²) in [6.45, 7) is 4.83. The number of nitrogens with zero attached hydrogens (tertiary/aromatic N) is 4. The lowest BCUT2D eigenvalue weighted by Gasteiger charge is -2.45. The van der Waals surface area contributed by atoms with E-state index in [1.54, 1.807) is 0 Å². The van der Waals surface area contributed by atoms with Crippen LogP contribution in [0.15, 0.2) is 78.9 Å². The fourth-order valence-corrected chi connectivity index (χ4v) is 8.27. The standard InChI is InChI=1S/C35H41N5O/c1-25-37-32-13-7-8-14-33(32)40(25)29-23-27-15-16-28(24-29)39(27)22-19-35(26-9-3-2-4-10-26)17-20-38(21-18-35)34(41)30-11-5-6-12-31(30)36/h2-14,27-29H,15-24,36H2,1H3/t27-,28+,29?. The minimum Gasteiger partial charge on any atom is -0.398 e. The van der Waals surface area contributed by atoms with Crippen molar-refractivity contribution in [2.45, 2.75) is 75.4 Å². The third-order valence-electron chi connectivity index (χ3n) is 10.4. The van der Waals surface area contributed by atoms with Crippen LogP contribution < -0.4 is 5.73 Å². The number of para-hydroxylation sites is 3. The normalized spacial score (nSPS) is 24.1. The van der Waals surface area contributed by atoms with Gasteiger partial charge in [-0.25, -0.2) is 4.98 Å². The number of carbonyl (C=O) groups is 1. The monoisotopic (exact) mass is 547 g/mol. The van der Waals surface area contributed by atoms with Crippen LogP contribution in [-0.2, 0) is 5.41 Å². The average molecular weight is 548 g/mol. The maximum atomic E-state index is 13.3. The van der Waals surface area contributed by atoms with E-state index in [2.05, 4.69) is 71.0 Å². The molecule has 3 fully saturated rings. The molecular formula is C35H41N5O. The number of fused-ring (bicyclic) bond motifs is 3. The Morgan fingerprint density at radius 1 is 0.878 bits per heavy atom. The number of benzene rings is 3. The largest absolute Gasteiger partial charge is 0.398 e. The molecule has 3 aliphatic heterocycles. The Labute approximate surface area is 243 Å². The van der Waals surface area contributed by atoms with Gasteiger partial charge in [0.1, 0.15) is 5.82 Å². The number of nitrogens with two attached hydrogens (primary N) is 1. The number of anilines is 1. The number of amides is 1. The quantitative estimate of drug-likeness (QED) is 0.285. The molecule has 0 radical (unpaired) electrons. The van der Waals surface area contributed by atoms with Gasteiger partial charge in [-0.15, -0.1) is 0 Å². The van der Waals surface area contributed by atoms with Crippen LogP contribution in [0.5, 0.6) is 0 Å². The Bertz CT molecular complexity index is 1520. The van der Waals surface area contributed by atoms with Crippen LogP contribution in [-0.4, -0.2) is 57.0 Å². The number of aromatic nitrogens is 2. The van der Waals surface area contributed by atoms with Crippen molar-refractivity contribution in [3.8, 4) is 0 Å². The highest BCUT2D eigenvalue weighted by Gasteiger charge is 2.44. The summed E-state index contributed by atoms with van der Waals surface area (Å²) in [5.74, 6) is 1.21. The molecule has 41 heavy (non-hydrogen) atoms. The van der Waals surface area contributed by atoms with E-state index in [0.717, 1.165) is 50.2 Å². The number of aryl methyl sites for hydroxylation is 1. The highest BCUT2D eigenvalue weighted by Crippen LogP contribution is 2.45. The zero-order valence-electron chi connectivity index (χ0n) is 24.1. The van der Waals surface area contributed by atoms with Crippen LogP contribution in [0.3, 0.4) is 0 Å². The zero-order valence-corrected chi connectivity index (χ0v) is 24.1. The van der Waals surface area contributed by atoms with Gasteiger partial charge in [0.25, 0.3) is 5.91 Å². The van der Waals surface area contributed by atoms with Crippen molar-refractivity contribution in [1.29, 1.82) is 0 Å². The van der Waals surface area contributed by atoms with E-state index < -0.39 is 0 Å². The van der Waals surface area contributed by atoms with Gasteiger partial charge in [-0.1, -0.05) is 54.6 Å². The van der Waals surface area contributed by atoms with Gasteiger partial charge in [0.2, 0.25) is 0 Å². The molecule has 1 amide bonds. The average Bonchev–Trinajstić information content (AvgIpc) is 3.47. The van der Waals surface area contributed by atoms with Crippen LogP contribution >= 0.6 is 0 Å². The maximum absolute atomic E-state index is 13.3. The fourth-order valence-electron chi connectivity index (χ4n) is 8.27. The topological polar surface area (TPSA) is 67.4 Å². The van der Waals surface area contributed by atoms with Crippen molar-refractivity contribution < 1.29 is 4.79 Å². The Morgan fingerprint density at radius 3 is 2.27 bits per heavy atom. The molecule has 6 nitrogen and oxygen atoms in total. The Morgan fingerprint density at radius 2 is 1.54 bits per heavy atom. The molecule has 3 aliphatic rings. The minimum absolute atomic E-state index is 0.0622. The van der Waals surface area contributed by atoms with Gasteiger partial charge in [0.15, 0.2) is 0 Å². The molecule has 212 valence electrons. The second-order valence-electron chi connectivity index (χ2n) is 12.5. The predicted molar refractivity (Wildman–Crippen MR) is 165 cm³/mol. The summed E-state index contributed by atoms with van der Waals surface area (Å²) in [5.41, 5.74) is 11.3. The number of imidazole rings is 1. The first-order valence-corrected chi connectivity index (χ1v) is 15.4.